The minimum absolute atomic E-state index is 0.0564. The van der Waals surface area contributed by atoms with Gasteiger partial charge in [-0.3, -0.25) is 9.59 Å². The van der Waals surface area contributed by atoms with Crippen LogP contribution in [0.25, 0.3) is 0 Å². The van der Waals surface area contributed by atoms with E-state index in [9.17, 15) is 9.59 Å². The number of ether oxygens (including phenoxy) is 1. The summed E-state index contributed by atoms with van der Waals surface area (Å²) in [5.74, 6) is -0.267. The van der Waals surface area contributed by atoms with Crippen molar-refractivity contribution in [3.8, 4) is 0 Å². The highest BCUT2D eigenvalue weighted by Gasteiger charge is 2.25. The lowest BCUT2D eigenvalue weighted by atomic mass is 9.92. The third-order valence-corrected chi connectivity index (χ3v) is 4.05. The molecule has 1 aliphatic rings. The number of esters is 1. The van der Waals surface area contributed by atoms with Crippen LogP contribution in [0.4, 0.5) is 5.69 Å². The van der Waals surface area contributed by atoms with Crippen molar-refractivity contribution < 1.29 is 14.3 Å². The number of carbonyl (C=O) groups is 2. The fourth-order valence-electron chi connectivity index (χ4n) is 3.08. The van der Waals surface area contributed by atoms with Crippen LogP contribution in [0.15, 0.2) is 24.3 Å². The van der Waals surface area contributed by atoms with Gasteiger partial charge in [-0.2, -0.15) is 0 Å². The SMILES string of the molecule is COC(=O)CN(C(C)=O)c1c(C)cc(C)cc1C1C=CCC1. The highest BCUT2D eigenvalue weighted by Crippen LogP contribution is 2.38. The number of allylic oxidation sites excluding steroid dienone is 2. The Labute approximate surface area is 131 Å². The summed E-state index contributed by atoms with van der Waals surface area (Å²) < 4.78 is 4.73. The summed E-state index contributed by atoms with van der Waals surface area (Å²) in [6.07, 6.45) is 6.45. The molecule has 1 unspecified atom stereocenters. The Hall–Kier alpha value is -2.10. The van der Waals surface area contributed by atoms with Gasteiger partial charge in [0.2, 0.25) is 5.91 Å². The van der Waals surface area contributed by atoms with Gasteiger partial charge in [0, 0.05) is 12.8 Å². The summed E-state index contributed by atoms with van der Waals surface area (Å²) in [7, 11) is 1.34. The molecule has 1 atom stereocenters. The third kappa shape index (κ3) is 3.38. The highest BCUT2D eigenvalue weighted by atomic mass is 16.5. The number of hydrogen-bond donors (Lipinski definition) is 0. The van der Waals surface area contributed by atoms with E-state index < -0.39 is 5.97 Å². The van der Waals surface area contributed by atoms with Crippen LogP contribution in [0.3, 0.4) is 0 Å². The monoisotopic (exact) mass is 301 g/mol. The Bertz CT molecular complexity index is 619. The summed E-state index contributed by atoms with van der Waals surface area (Å²) in [5.41, 5.74) is 4.14. The lowest BCUT2D eigenvalue weighted by Crippen LogP contribution is -2.36. The van der Waals surface area contributed by atoms with Crippen molar-refractivity contribution in [3.63, 3.8) is 0 Å². The number of carbonyl (C=O) groups excluding carboxylic acids is 2. The zero-order valence-corrected chi connectivity index (χ0v) is 13.7. The molecule has 0 N–H and O–H groups in total. The molecule has 4 heteroatoms. The molecule has 0 saturated heterocycles. The van der Waals surface area contributed by atoms with Gasteiger partial charge in [0.25, 0.3) is 0 Å². The molecule has 4 nitrogen and oxygen atoms in total. The minimum Gasteiger partial charge on any atom is -0.468 e. The first-order valence-electron chi connectivity index (χ1n) is 7.56. The molecule has 0 aromatic heterocycles. The molecule has 0 fully saturated rings. The van der Waals surface area contributed by atoms with Crippen molar-refractivity contribution in [1.82, 2.24) is 0 Å². The van der Waals surface area contributed by atoms with Gasteiger partial charge in [-0.15, -0.1) is 0 Å². The molecule has 0 bridgehead atoms. The maximum Gasteiger partial charge on any atom is 0.325 e. The zero-order chi connectivity index (χ0) is 16.3. The van der Waals surface area contributed by atoms with Gasteiger partial charge < -0.3 is 9.64 Å². The van der Waals surface area contributed by atoms with E-state index in [0.29, 0.717) is 5.92 Å². The molecule has 0 radical (unpaired) electrons. The average Bonchev–Trinajstić information content (AvgIpc) is 2.98. The van der Waals surface area contributed by atoms with Gasteiger partial charge >= 0.3 is 5.97 Å². The predicted octanol–water partition coefficient (Wildman–Crippen LogP) is 3.26. The number of anilines is 1. The molecular weight excluding hydrogens is 278 g/mol. The first-order chi connectivity index (χ1) is 10.4. The van der Waals surface area contributed by atoms with Crippen molar-refractivity contribution >= 4 is 17.6 Å². The van der Waals surface area contributed by atoms with Gasteiger partial charge in [0.1, 0.15) is 6.54 Å². The summed E-state index contributed by atoms with van der Waals surface area (Å²) in [4.78, 5) is 25.3. The summed E-state index contributed by atoms with van der Waals surface area (Å²) in [6, 6.07) is 4.17. The molecule has 1 aromatic rings. The smallest absolute Gasteiger partial charge is 0.325 e. The fourth-order valence-corrected chi connectivity index (χ4v) is 3.08. The van der Waals surface area contributed by atoms with E-state index in [4.69, 9.17) is 4.74 Å². The largest absolute Gasteiger partial charge is 0.468 e. The lowest BCUT2D eigenvalue weighted by Gasteiger charge is -2.27. The van der Waals surface area contributed by atoms with Crippen molar-refractivity contribution in [2.24, 2.45) is 0 Å². The van der Waals surface area contributed by atoms with Crippen LogP contribution in [0, 0.1) is 13.8 Å². The number of methoxy groups -OCH3 is 1. The Balaban J connectivity index is 2.52. The Kier molecular flexibility index (Phi) is 5.01. The lowest BCUT2D eigenvalue weighted by molar-refractivity contribution is -0.139. The maximum atomic E-state index is 12.1. The molecular formula is C18H23NO3. The van der Waals surface area contributed by atoms with Gasteiger partial charge in [-0.1, -0.05) is 29.8 Å². The molecule has 1 aliphatic carbocycles. The third-order valence-electron chi connectivity index (χ3n) is 4.05. The molecule has 1 amide bonds. The summed E-state index contributed by atoms with van der Waals surface area (Å²) in [5, 5.41) is 0. The van der Waals surface area contributed by atoms with Crippen LogP contribution in [-0.4, -0.2) is 25.5 Å². The molecule has 1 aromatic carbocycles. The quantitative estimate of drug-likeness (QED) is 0.633. The van der Waals surface area contributed by atoms with Crippen molar-refractivity contribution in [2.75, 3.05) is 18.6 Å². The second-order valence-electron chi connectivity index (χ2n) is 5.81. The van der Waals surface area contributed by atoms with Gasteiger partial charge in [0.05, 0.1) is 12.8 Å². The van der Waals surface area contributed by atoms with Crippen molar-refractivity contribution in [2.45, 2.75) is 39.5 Å². The Morgan fingerprint density at radius 3 is 2.59 bits per heavy atom. The number of benzene rings is 1. The van der Waals surface area contributed by atoms with Crippen LogP contribution >= 0.6 is 0 Å². The molecule has 118 valence electrons. The van der Waals surface area contributed by atoms with E-state index in [1.165, 1.54) is 18.9 Å². The van der Waals surface area contributed by atoms with E-state index in [2.05, 4.69) is 25.1 Å². The standard InChI is InChI=1S/C18H23NO3/c1-12-9-13(2)18(16(10-12)15-7-5-6-8-15)19(14(3)20)11-17(21)22-4/h5,7,9-10,15H,6,8,11H2,1-4H3. The second kappa shape index (κ2) is 6.77. The number of amides is 1. The van der Waals surface area contributed by atoms with Gasteiger partial charge in [0.15, 0.2) is 0 Å². The number of hydrogen-bond acceptors (Lipinski definition) is 3. The second-order valence-corrected chi connectivity index (χ2v) is 5.81. The molecule has 0 spiro atoms. The maximum absolute atomic E-state index is 12.1. The topological polar surface area (TPSA) is 46.6 Å². The van der Waals surface area contributed by atoms with Crippen LogP contribution in [0.5, 0.6) is 0 Å². The van der Waals surface area contributed by atoms with E-state index in [-0.39, 0.29) is 12.5 Å². The van der Waals surface area contributed by atoms with E-state index in [1.54, 1.807) is 0 Å². The van der Waals surface area contributed by atoms with Crippen LogP contribution in [0.1, 0.15) is 42.4 Å². The first-order valence-corrected chi connectivity index (χ1v) is 7.56. The highest BCUT2D eigenvalue weighted by molar-refractivity contribution is 5.98. The number of rotatable bonds is 4. The van der Waals surface area contributed by atoms with E-state index >= 15 is 0 Å². The molecule has 0 saturated carbocycles. The normalized spacial score (nSPS) is 16.6. The van der Waals surface area contributed by atoms with Crippen molar-refractivity contribution in [3.05, 3.63) is 41.0 Å². The van der Waals surface area contributed by atoms with Crippen molar-refractivity contribution in [1.29, 1.82) is 0 Å². The van der Waals surface area contributed by atoms with Gasteiger partial charge in [-0.05, 0) is 37.8 Å². The van der Waals surface area contributed by atoms with E-state index in [0.717, 1.165) is 35.2 Å². The molecule has 0 heterocycles. The van der Waals surface area contributed by atoms with Gasteiger partial charge in [-0.25, -0.2) is 0 Å². The van der Waals surface area contributed by atoms with Crippen LogP contribution in [-0.2, 0) is 14.3 Å². The Morgan fingerprint density at radius 1 is 1.32 bits per heavy atom. The Morgan fingerprint density at radius 2 is 2.05 bits per heavy atom. The average molecular weight is 301 g/mol. The summed E-state index contributed by atoms with van der Waals surface area (Å²) >= 11 is 0. The predicted molar refractivity (Wildman–Crippen MR) is 87.1 cm³/mol. The van der Waals surface area contributed by atoms with E-state index in [1.807, 2.05) is 13.0 Å². The molecule has 2 rings (SSSR count). The fraction of sp³-hybridized carbons (Fsp3) is 0.444. The molecule has 0 aliphatic heterocycles. The molecule has 22 heavy (non-hydrogen) atoms. The minimum atomic E-state index is -0.414. The van der Waals surface area contributed by atoms with Crippen LogP contribution < -0.4 is 4.90 Å². The number of aryl methyl sites for hydroxylation is 2. The van der Waals surface area contributed by atoms with Crippen LogP contribution in [0.2, 0.25) is 0 Å². The first kappa shape index (κ1) is 16.3. The summed E-state index contributed by atoms with van der Waals surface area (Å²) in [6.45, 7) is 5.46. The zero-order valence-electron chi connectivity index (χ0n) is 13.7. The number of nitrogens with zero attached hydrogens (tertiary/aromatic N) is 1.